The molecule has 1 unspecified atom stereocenters. The molecule has 0 spiro atoms. The monoisotopic (exact) mass is 279 g/mol. The van der Waals surface area contributed by atoms with Crippen molar-refractivity contribution < 1.29 is 9.90 Å². The van der Waals surface area contributed by atoms with Crippen LogP contribution in [0.2, 0.25) is 5.02 Å². The van der Waals surface area contributed by atoms with Gasteiger partial charge < -0.3 is 9.67 Å². The van der Waals surface area contributed by atoms with Gasteiger partial charge in [-0.25, -0.2) is 4.79 Å². The average Bonchev–Trinajstić information content (AvgIpc) is 2.37. The summed E-state index contributed by atoms with van der Waals surface area (Å²) in [4.78, 5) is 23.3. The van der Waals surface area contributed by atoms with Crippen molar-refractivity contribution in [1.82, 2.24) is 4.57 Å². The number of halogens is 1. The van der Waals surface area contributed by atoms with Crippen LogP contribution in [-0.2, 0) is 0 Å². The van der Waals surface area contributed by atoms with Crippen molar-refractivity contribution in [3.63, 3.8) is 0 Å². The first-order valence-corrected chi connectivity index (χ1v) is 6.41. The maximum atomic E-state index is 12.0. The van der Waals surface area contributed by atoms with E-state index in [1.807, 2.05) is 13.8 Å². The van der Waals surface area contributed by atoms with E-state index in [4.69, 9.17) is 11.6 Å². The first-order chi connectivity index (χ1) is 8.95. The Morgan fingerprint density at radius 1 is 1.42 bits per heavy atom. The molecular formula is C14H14ClNO3. The van der Waals surface area contributed by atoms with Gasteiger partial charge in [-0.1, -0.05) is 18.5 Å². The highest BCUT2D eigenvalue weighted by Crippen LogP contribution is 2.23. The number of pyridine rings is 1. The minimum Gasteiger partial charge on any atom is -0.477 e. The fraction of sp³-hybridized carbons (Fsp3) is 0.286. The lowest BCUT2D eigenvalue weighted by atomic mass is 10.1. The van der Waals surface area contributed by atoms with Crippen LogP contribution in [0.25, 0.3) is 10.9 Å². The maximum absolute atomic E-state index is 12.0. The van der Waals surface area contributed by atoms with E-state index in [-0.39, 0.29) is 17.2 Å². The molecule has 0 aliphatic carbocycles. The van der Waals surface area contributed by atoms with Crippen molar-refractivity contribution in [2.45, 2.75) is 26.3 Å². The summed E-state index contributed by atoms with van der Waals surface area (Å²) >= 11 is 5.96. The number of hydrogen-bond donors (Lipinski definition) is 1. The molecule has 2 aromatic rings. The third kappa shape index (κ3) is 2.36. The van der Waals surface area contributed by atoms with Gasteiger partial charge in [0.1, 0.15) is 5.69 Å². The Kier molecular flexibility index (Phi) is 3.62. The SMILES string of the molecule is CCC(C)n1c(C(=O)O)cc(=O)c2ccc(Cl)cc21. The molecule has 0 saturated carbocycles. The van der Waals surface area contributed by atoms with Crippen LogP contribution in [0.1, 0.15) is 36.8 Å². The highest BCUT2D eigenvalue weighted by atomic mass is 35.5. The fourth-order valence-corrected chi connectivity index (χ4v) is 2.30. The van der Waals surface area contributed by atoms with Crippen LogP contribution in [-0.4, -0.2) is 15.6 Å². The normalized spacial score (nSPS) is 12.6. The van der Waals surface area contributed by atoms with Gasteiger partial charge >= 0.3 is 5.97 Å². The molecule has 1 aromatic heterocycles. The Labute approximate surface area is 115 Å². The number of aromatic carboxylic acids is 1. The van der Waals surface area contributed by atoms with Crippen LogP contribution < -0.4 is 5.43 Å². The molecule has 1 heterocycles. The maximum Gasteiger partial charge on any atom is 0.352 e. The van der Waals surface area contributed by atoms with Crippen molar-refractivity contribution in [3.05, 3.63) is 45.2 Å². The molecule has 0 aliphatic rings. The lowest BCUT2D eigenvalue weighted by Gasteiger charge is -2.20. The summed E-state index contributed by atoms with van der Waals surface area (Å²) in [5.74, 6) is -1.11. The second-order valence-corrected chi connectivity index (χ2v) is 4.92. The van der Waals surface area contributed by atoms with Crippen LogP contribution in [0.5, 0.6) is 0 Å². The molecule has 1 N–H and O–H groups in total. The highest BCUT2D eigenvalue weighted by molar-refractivity contribution is 6.31. The highest BCUT2D eigenvalue weighted by Gasteiger charge is 2.17. The number of carbonyl (C=O) groups is 1. The summed E-state index contributed by atoms with van der Waals surface area (Å²) in [6.07, 6.45) is 0.755. The largest absolute Gasteiger partial charge is 0.477 e. The smallest absolute Gasteiger partial charge is 0.352 e. The number of fused-ring (bicyclic) bond motifs is 1. The van der Waals surface area contributed by atoms with Crippen LogP contribution >= 0.6 is 11.6 Å². The number of carboxylic acid groups (broad SMARTS) is 1. The zero-order chi connectivity index (χ0) is 14.2. The molecule has 100 valence electrons. The lowest BCUT2D eigenvalue weighted by molar-refractivity contribution is 0.0682. The molecule has 0 fully saturated rings. The minimum absolute atomic E-state index is 0.00545. The number of carboxylic acids is 1. The van der Waals surface area contributed by atoms with Crippen molar-refractivity contribution >= 4 is 28.5 Å². The summed E-state index contributed by atoms with van der Waals surface area (Å²) in [5, 5.41) is 10.2. The average molecular weight is 280 g/mol. The predicted octanol–water partition coefficient (Wildman–Crippen LogP) is 3.32. The van der Waals surface area contributed by atoms with E-state index >= 15 is 0 Å². The van der Waals surface area contributed by atoms with Crippen molar-refractivity contribution in [2.24, 2.45) is 0 Å². The Bertz CT molecular complexity index is 706. The molecular weight excluding hydrogens is 266 g/mol. The van der Waals surface area contributed by atoms with E-state index < -0.39 is 5.97 Å². The van der Waals surface area contributed by atoms with Crippen LogP contribution in [0.3, 0.4) is 0 Å². The Morgan fingerprint density at radius 2 is 2.11 bits per heavy atom. The van der Waals surface area contributed by atoms with Gasteiger partial charge in [0.05, 0.1) is 5.52 Å². The van der Waals surface area contributed by atoms with E-state index in [0.717, 1.165) is 6.42 Å². The molecule has 1 atom stereocenters. The second-order valence-electron chi connectivity index (χ2n) is 4.49. The summed E-state index contributed by atoms with van der Waals surface area (Å²) in [6, 6.07) is 6.03. The molecule has 0 bridgehead atoms. The molecule has 2 rings (SSSR count). The quantitative estimate of drug-likeness (QED) is 0.937. The van der Waals surface area contributed by atoms with E-state index in [0.29, 0.717) is 15.9 Å². The Morgan fingerprint density at radius 3 is 2.68 bits per heavy atom. The van der Waals surface area contributed by atoms with Gasteiger partial charge in [0.25, 0.3) is 0 Å². The number of nitrogens with zero attached hydrogens (tertiary/aromatic N) is 1. The van der Waals surface area contributed by atoms with Gasteiger partial charge in [-0.15, -0.1) is 0 Å². The van der Waals surface area contributed by atoms with Crippen LogP contribution in [0.4, 0.5) is 0 Å². The minimum atomic E-state index is -1.11. The standard InChI is InChI=1S/C14H14ClNO3/c1-3-8(2)16-11-6-9(15)4-5-10(11)13(17)7-12(16)14(18)19/h4-8H,3H2,1-2H3,(H,18,19). The van der Waals surface area contributed by atoms with Gasteiger partial charge in [-0.2, -0.15) is 0 Å². The van der Waals surface area contributed by atoms with Gasteiger partial charge in [0.2, 0.25) is 0 Å². The first kappa shape index (κ1) is 13.6. The molecule has 0 amide bonds. The first-order valence-electron chi connectivity index (χ1n) is 6.03. The summed E-state index contributed by atoms with van der Waals surface area (Å²) < 4.78 is 1.66. The third-order valence-corrected chi connectivity index (χ3v) is 3.50. The molecule has 4 nitrogen and oxygen atoms in total. The van der Waals surface area contributed by atoms with Crippen molar-refractivity contribution in [1.29, 1.82) is 0 Å². The summed E-state index contributed by atoms with van der Waals surface area (Å²) in [5.41, 5.74) is 0.254. The molecule has 0 saturated heterocycles. The van der Waals surface area contributed by atoms with E-state index in [1.165, 1.54) is 6.07 Å². The molecule has 5 heteroatoms. The lowest BCUT2D eigenvalue weighted by Crippen LogP contribution is -2.20. The number of benzene rings is 1. The Balaban J connectivity index is 2.96. The van der Waals surface area contributed by atoms with E-state index in [1.54, 1.807) is 22.8 Å². The molecule has 1 aromatic carbocycles. The van der Waals surface area contributed by atoms with Gasteiger partial charge in [0.15, 0.2) is 5.43 Å². The van der Waals surface area contributed by atoms with Crippen LogP contribution in [0.15, 0.2) is 29.1 Å². The third-order valence-electron chi connectivity index (χ3n) is 3.26. The van der Waals surface area contributed by atoms with Gasteiger partial charge in [-0.05, 0) is 31.5 Å². The second kappa shape index (κ2) is 5.05. The zero-order valence-electron chi connectivity index (χ0n) is 10.7. The van der Waals surface area contributed by atoms with Crippen molar-refractivity contribution in [2.75, 3.05) is 0 Å². The number of hydrogen-bond acceptors (Lipinski definition) is 2. The molecule has 0 radical (unpaired) electrons. The fourth-order valence-electron chi connectivity index (χ4n) is 2.14. The van der Waals surface area contributed by atoms with Crippen molar-refractivity contribution in [3.8, 4) is 0 Å². The van der Waals surface area contributed by atoms with E-state index in [9.17, 15) is 14.7 Å². The number of aromatic nitrogens is 1. The molecule has 19 heavy (non-hydrogen) atoms. The van der Waals surface area contributed by atoms with E-state index in [2.05, 4.69) is 0 Å². The predicted molar refractivity (Wildman–Crippen MR) is 75.2 cm³/mol. The topological polar surface area (TPSA) is 59.3 Å². The Hall–Kier alpha value is -1.81. The summed E-state index contributed by atoms with van der Waals surface area (Å²) in [6.45, 7) is 3.88. The van der Waals surface area contributed by atoms with Gasteiger partial charge in [0, 0.05) is 22.5 Å². The summed E-state index contributed by atoms with van der Waals surface area (Å²) in [7, 11) is 0. The molecule has 0 aliphatic heterocycles. The number of rotatable bonds is 3. The zero-order valence-corrected chi connectivity index (χ0v) is 11.4. The van der Waals surface area contributed by atoms with Crippen LogP contribution in [0, 0.1) is 0 Å². The van der Waals surface area contributed by atoms with Gasteiger partial charge in [-0.3, -0.25) is 4.79 Å².